The Hall–Kier alpha value is -5.36. The van der Waals surface area contributed by atoms with Crippen molar-refractivity contribution in [2.24, 2.45) is 4.99 Å². The minimum atomic E-state index is 0.820. The van der Waals surface area contributed by atoms with Crippen molar-refractivity contribution in [2.75, 3.05) is 9.80 Å². The number of rotatable bonds is 6. The van der Waals surface area contributed by atoms with Gasteiger partial charge in [-0.3, -0.25) is 9.80 Å². The minimum absolute atomic E-state index is 0.820. The zero-order chi connectivity index (χ0) is 28.5. The zero-order valence-corrected chi connectivity index (χ0v) is 23.6. The normalized spacial score (nSPS) is 12.9. The SMILES string of the molecule is Cc1c2ccc(N(C3=CCCC=N3)c3ccccn3)cc2c(C)c2cc(N(c3ccccn3)c3ccccn3)ccc12. The quantitative estimate of drug-likeness (QED) is 0.195. The molecule has 0 saturated carbocycles. The van der Waals surface area contributed by atoms with E-state index in [1.165, 1.54) is 32.7 Å². The molecule has 3 aromatic heterocycles. The average Bonchev–Trinajstić information content (AvgIpc) is 3.06. The number of hydrogen-bond donors (Lipinski definition) is 0. The van der Waals surface area contributed by atoms with E-state index in [1.54, 1.807) is 0 Å². The largest absolute Gasteiger partial charge is 0.279 e. The first kappa shape index (κ1) is 25.6. The highest BCUT2D eigenvalue weighted by molar-refractivity contribution is 6.07. The Morgan fingerprint density at radius 2 is 1.02 bits per heavy atom. The van der Waals surface area contributed by atoms with E-state index in [1.807, 2.05) is 79.4 Å². The van der Waals surface area contributed by atoms with Gasteiger partial charge in [0.15, 0.2) is 0 Å². The van der Waals surface area contributed by atoms with Crippen LogP contribution in [0.2, 0.25) is 0 Å². The molecule has 0 fully saturated rings. The molecule has 42 heavy (non-hydrogen) atoms. The minimum Gasteiger partial charge on any atom is -0.279 e. The molecule has 0 unspecified atom stereocenters. The van der Waals surface area contributed by atoms with Gasteiger partial charge in [0.2, 0.25) is 0 Å². The molecule has 6 nitrogen and oxygen atoms in total. The maximum Gasteiger partial charge on any atom is 0.138 e. The molecular weight excluding hydrogens is 516 g/mol. The molecule has 0 radical (unpaired) electrons. The Bertz CT molecular complexity index is 1910. The van der Waals surface area contributed by atoms with Gasteiger partial charge in [-0.2, -0.15) is 0 Å². The smallest absolute Gasteiger partial charge is 0.138 e. The highest BCUT2D eigenvalue weighted by Gasteiger charge is 2.20. The number of allylic oxidation sites excluding steroid dienone is 1. The summed E-state index contributed by atoms with van der Waals surface area (Å²) in [6.07, 6.45) is 11.6. The van der Waals surface area contributed by atoms with Gasteiger partial charge in [-0.25, -0.2) is 19.9 Å². The Morgan fingerprint density at radius 1 is 0.524 bits per heavy atom. The Morgan fingerprint density at radius 3 is 1.50 bits per heavy atom. The fraction of sp³-hybridized carbons (Fsp3) is 0.111. The van der Waals surface area contributed by atoms with E-state index in [4.69, 9.17) is 4.99 Å². The summed E-state index contributed by atoms with van der Waals surface area (Å²) in [4.78, 5) is 23.0. The highest BCUT2D eigenvalue weighted by Crippen LogP contribution is 2.40. The first-order valence-electron chi connectivity index (χ1n) is 14.2. The van der Waals surface area contributed by atoms with Crippen LogP contribution in [0, 0.1) is 13.8 Å². The van der Waals surface area contributed by atoms with Crippen molar-refractivity contribution >= 4 is 56.6 Å². The molecule has 1 aliphatic heterocycles. The first-order chi connectivity index (χ1) is 20.7. The van der Waals surface area contributed by atoms with Crippen molar-refractivity contribution in [1.82, 2.24) is 15.0 Å². The van der Waals surface area contributed by atoms with E-state index in [-0.39, 0.29) is 0 Å². The molecule has 0 saturated heterocycles. The van der Waals surface area contributed by atoms with Crippen LogP contribution in [0.15, 0.2) is 126 Å². The molecule has 0 amide bonds. The zero-order valence-electron chi connectivity index (χ0n) is 23.6. The highest BCUT2D eigenvalue weighted by atomic mass is 15.3. The summed E-state index contributed by atoms with van der Waals surface area (Å²) in [6, 6.07) is 31.2. The van der Waals surface area contributed by atoms with Gasteiger partial charge in [0.05, 0.1) is 0 Å². The second kappa shape index (κ2) is 10.9. The number of aromatic nitrogens is 3. The third kappa shape index (κ3) is 4.57. The summed E-state index contributed by atoms with van der Waals surface area (Å²) in [5.74, 6) is 3.39. The predicted octanol–water partition coefficient (Wildman–Crippen LogP) is 9.11. The van der Waals surface area contributed by atoms with Crippen LogP contribution in [0.4, 0.5) is 28.8 Å². The number of nitrogens with zero attached hydrogens (tertiary/aromatic N) is 6. The molecule has 1 aliphatic rings. The van der Waals surface area contributed by atoms with Crippen molar-refractivity contribution in [3.05, 3.63) is 133 Å². The lowest BCUT2D eigenvalue weighted by Gasteiger charge is -2.26. The van der Waals surface area contributed by atoms with Crippen LogP contribution in [0.3, 0.4) is 0 Å². The molecule has 0 bridgehead atoms. The lowest BCUT2D eigenvalue weighted by atomic mass is 9.92. The molecule has 6 heteroatoms. The summed E-state index contributed by atoms with van der Waals surface area (Å²) >= 11 is 0. The van der Waals surface area contributed by atoms with Crippen LogP contribution in [-0.4, -0.2) is 21.2 Å². The van der Waals surface area contributed by atoms with Crippen LogP contribution >= 0.6 is 0 Å². The van der Waals surface area contributed by atoms with Crippen molar-refractivity contribution < 1.29 is 0 Å². The number of aryl methyl sites for hydroxylation is 2. The van der Waals surface area contributed by atoms with E-state index in [2.05, 4.69) is 81.1 Å². The topological polar surface area (TPSA) is 57.5 Å². The number of hydrogen-bond acceptors (Lipinski definition) is 6. The van der Waals surface area contributed by atoms with Gasteiger partial charge in [0.1, 0.15) is 23.3 Å². The van der Waals surface area contributed by atoms with Crippen LogP contribution in [-0.2, 0) is 0 Å². The van der Waals surface area contributed by atoms with E-state index in [9.17, 15) is 0 Å². The maximum atomic E-state index is 4.75. The maximum absolute atomic E-state index is 4.75. The third-order valence-corrected chi connectivity index (χ3v) is 7.85. The van der Waals surface area contributed by atoms with Gasteiger partial charge >= 0.3 is 0 Å². The molecule has 204 valence electrons. The Labute approximate surface area is 245 Å². The standard InChI is InChI=1S/C36H30N6/c1-25-29-17-15-27(41(33-11-3-7-19-37-33)34-12-4-8-20-38-34)23-31(29)26(2)32-24-28(16-18-30(25)32)42(35-13-5-9-21-39-35)36-14-6-10-22-40-36/h3-5,7-9,11-24H,6,10H2,1-2H3. The van der Waals surface area contributed by atoms with Crippen LogP contribution in [0.5, 0.6) is 0 Å². The van der Waals surface area contributed by atoms with E-state index >= 15 is 0 Å². The number of aliphatic imine (C=N–C) groups is 1. The number of anilines is 5. The molecule has 7 rings (SSSR count). The monoisotopic (exact) mass is 546 g/mol. The van der Waals surface area contributed by atoms with Crippen LogP contribution in [0.25, 0.3) is 21.5 Å². The van der Waals surface area contributed by atoms with E-state index < -0.39 is 0 Å². The molecule has 0 atom stereocenters. The predicted molar refractivity (Wildman–Crippen MR) is 173 cm³/mol. The van der Waals surface area contributed by atoms with Crippen molar-refractivity contribution in [1.29, 1.82) is 0 Å². The van der Waals surface area contributed by atoms with Crippen LogP contribution in [0.1, 0.15) is 24.0 Å². The summed E-state index contributed by atoms with van der Waals surface area (Å²) in [5, 5.41) is 4.88. The lowest BCUT2D eigenvalue weighted by Crippen LogP contribution is -2.17. The fourth-order valence-electron chi connectivity index (χ4n) is 5.78. The van der Waals surface area contributed by atoms with Gasteiger partial charge in [-0.1, -0.05) is 30.3 Å². The van der Waals surface area contributed by atoms with Crippen molar-refractivity contribution in [3.8, 4) is 0 Å². The van der Waals surface area contributed by atoms with Gasteiger partial charge in [-0.15, -0.1) is 0 Å². The number of benzene rings is 3. The molecule has 0 aliphatic carbocycles. The first-order valence-corrected chi connectivity index (χ1v) is 14.2. The molecule has 6 aromatic rings. The Kier molecular flexibility index (Phi) is 6.64. The number of fused-ring (bicyclic) bond motifs is 2. The summed E-state index contributed by atoms with van der Waals surface area (Å²) in [5.41, 5.74) is 4.52. The third-order valence-electron chi connectivity index (χ3n) is 7.85. The summed E-state index contributed by atoms with van der Waals surface area (Å²) in [6.45, 7) is 4.43. The van der Waals surface area contributed by atoms with Gasteiger partial charge in [0.25, 0.3) is 0 Å². The second-order valence-electron chi connectivity index (χ2n) is 10.4. The Balaban J connectivity index is 1.42. The van der Waals surface area contributed by atoms with Gasteiger partial charge in [-0.05, 0) is 126 Å². The molecular formula is C36H30N6. The van der Waals surface area contributed by atoms with Crippen LogP contribution < -0.4 is 9.80 Å². The molecule has 4 heterocycles. The van der Waals surface area contributed by atoms with Gasteiger partial charge in [0, 0.05) is 36.2 Å². The molecule has 0 spiro atoms. The van der Waals surface area contributed by atoms with Gasteiger partial charge < -0.3 is 0 Å². The fourth-order valence-corrected chi connectivity index (χ4v) is 5.78. The second-order valence-corrected chi connectivity index (χ2v) is 10.4. The average molecular weight is 547 g/mol. The van der Waals surface area contributed by atoms with E-state index in [0.29, 0.717) is 0 Å². The number of pyridine rings is 3. The van der Waals surface area contributed by atoms with Crippen molar-refractivity contribution in [2.45, 2.75) is 26.7 Å². The van der Waals surface area contributed by atoms with Crippen molar-refractivity contribution in [3.63, 3.8) is 0 Å². The summed E-state index contributed by atoms with van der Waals surface area (Å²) in [7, 11) is 0. The molecule has 3 aromatic carbocycles. The lowest BCUT2D eigenvalue weighted by molar-refractivity contribution is 0.986. The summed E-state index contributed by atoms with van der Waals surface area (Å²) < 4.78 is 0. The van der Waals surface area contributed by atoms with E-state index in [0.717, 1.165) is 47.5 Å². The molecule has 0 N–H and O–H groups in total.